The Morgan fingerprint density at radius 1 is 1.30 bits per heavy atom. The molecule has 1 aromatic rings. The lowest BCUT2D eigenvalue weighted by Gasteiger charge is -2.34. The molecule has 2 aliphatic rings. The highest BCUT2D eigenvalue weighted by molar-refractivity contribution is 5.65. The topological polar surface area (TPSA) is 27.7 Å². The van der Waals surface area contributed by atoms with Crippen LogP contribution in [0.2, 0.25) is 0 Å². The Morgan fingerprint density at radius 2 is 2.09 bits per heavy atom. The zero-order valence-electron chi connectivity index (χ0n) is 12.5. The van der Waals surface area contributed by atoms with E-state index in [0.717, 1.165) is 6.07 Å². The molecule has 2 aliphatic heterocycles. The molecule has 1 aromatic carbocycles. The molecule has 23 heavy (non-hydrogen) atoms. The molecule has 0 unspecified atom stereocenters. The minimum atomic E-state index is -4.75. The van der Waals surface area contributed by atoms with Gasteiger partial charge in [0.05, 0.1) is 30.6 Å². The molecule has 1 saturated heterocycles. The zero-order valence-corrected chi connectivity index (χ0v) is 12.5. The number of nitrogens with one attached hydrogen (secondary N) is 1. The molecule has 1 N–H and O–H groups in total. The molecule has 4 nitrogen and oxygen atoms in total. The SMILES string of the molecule is C[C@@H]1CN(c2cc(N3C=CNC3)c(F)c(C(F)(F)F)c2)CCO1. The summed E-state index contributed by atoms with van der Waals surface area (Å²) in [5, 5.41) is 2.83. The quantitative estimate of drug-likeness (QED) is 0.844. The first-order valence-electron chi connectivity index (χ1n) is 7.30. The third-order valence-corrected chi connectivity index (χ3v) is 3.89. The predicted octanol–water partition coefficient (Wildman–Crippen LogP) is 2.91. The highest BCUT2D eigenvalue weighted by atomic mass is 19.4. The number of halogens is 4. The van der Waals surface area contributed by atoms with Gasteiger partial charge in [-0.15, -0.1) is 0 Å². The highest BCUT2D eigenvalue weighted by Crippen LogP contribution is 2.39. The van der Waals surface area contributed by atoms with Gasteiger partial charge in [0.2, 0.25) is 0 Å². The van der Waals surface area contributed by atoms with Crippen LogP contribution in [0.1, 0.15) is 12.5 Å². The summed E-state index contributed by atoms with van der Waals surface area (Å²) in [5.74, 6) is -1.25. The van der Waals surface area contributed by atoms with E-state index in [-0.39, 0.29) is 18.5 Å². The van der Waals surface area contributed by atoms with E-state index < -0.39 is 17.6 Å². The molecule has 126 valence electrons. The van der Waals surface area contributed by atoms with Crippen molar-refractivity contribution in [3.63, 3.8) is 0 Å². The minimum absolute atomic E-state index is 0.0834. The van der Waals surface area contributed by atoms with E-state index in [1.165, 1.54) is 17.2 Å². The maximum absolute atomic E-state index is 14.4. The second-order valence-electron chi connectivity index (χ2n) is 5.60. The predicted molar refractivity (Wildman–Crippen MR) is 78.7 cm³/mol. The molecule has 0 aromatic heterocycles. The van der Waals surface area contributed by atoms with Gasteiger partial charge < -0.3 is 19.9 Å². The fourth-order valence-corrected chi connectivity index (χ4v) is 2.76. The molecule has 1 atom stereocenters. The normalized spacial score (nSPS) is 21.7. The van der Waals surface area contributed by atoms with E-state index in [0.29, 0.717) is 25.4 Å². The molecule has 0 saturated carbocycles. The van der Waals surface area contributed by atoms with Crippen LogP contribution in [-0.2, 0) is 10.9 Å². The second-order valence-corrected chi connectivity index (χ2v) is 5.60. The zero-order chi connectivity index (χ0) is 16.6. The fourth-order valence-electron chi connectivity index (χ4n) is 2.76. The van der Waals surface area contributed by atoms with Crippen LogP contribution in [0.4, 0.5) is 28.9 Å². The number of hydrogen-bond acceptors (Lipinski definition) is 4. The summed E-state index contributed by atoms with van der Waals surface area (Å²) in [6.07, 6.45) is -1.75. The number of benzene rings is 1. The molecule has 2 heterocycles. The van der Waals surface area contributed by atoms with Gasteiger partial charge in [-0.3, -0.25) is 0 Å². The van der Waals surface area contributed by atoms with Gasteiger partial charge in [0, 0.05) is 31.2 Å². The van der Waals surface area contributed by atoms with Gasteiger partial charge in [0.1, 0.15) is 0 Å². The van der Waals surface area contributed by atoms with Crippen molar-refractivity contribution in [3.05, 3.63) is 35.9 Å². The number of nitrogens with zero attached hydrogens (tertiary/aromatic N) is 2. The summed E-state index contributed by atoms with van der Waals surface area (Å²) >= 11 is 0. The van der Waals surface area contributed by atoms with Crippen molar-refractivity contribution in [1.82, 2.24) is 5.32 Å². The molecule has 0 amide bonds. The lowest BCUT2D eigenvalue weighted by Crippen LogP contribution is -2.41. The van der Waals surface area contributed by atoms with Gasteiger partial charge in [-0.1, -0.05) is 0 Å². The van der Waals surface area contributed by atoms with Crippen molar-refractivity contribution >= 4 is 11.4 Å². The Kier molecular flexibility index (Phi) is 4.09. The lowest BCUT2D eigenvalue weighted by molar-refractivity contribution is -0.139. The Bertz CT molecular complexity index is 617. The molecule has 0 radical (unpaired) electrons. The number of hydrogen-bond donors (Lipinski definition) is 1. The summed E-state index contributed by atoms with van der Waals surface area (Å²) in [7, 11) is 0. The van der Waals surface area contributed by atoms with Gasteiger partial charge in [0.25, 0.3) is 0 Å². The van der Waals surface area contributed by atoms with Crippen LogP contribution in [-0.4, -0.2) is 32.5 Å². The van der Waals surface area contributed by atoms with Crippen molar-refractivity contribution < 1.29 is 22.3 Å². The van der Waals surface area contributed by atoms with E-state index in [1.54, 1.807) is 11.1 Å². The number of anilines is 2. The maximum Gasteiger partial charge on any atom is 0.419 e. The van der Waals surface area contributed by atoms with Crippen LogP contribution in [0.5, 0.6) is 0 Å². The third kappa shape index (κ3) is 3.21. The van der Waals surface area contributed by atoms with Gasteiger partial charge in [-0.25, -0.2) is 4.39 Å². The first kappa shape index (κ1) is 15.9. The largest absolute Gasteiger partial charge is 0.419 e. The average molecular weight is 331 g/mol. The van der Waals surface area contributed by atoms with Crippen LogP contribution in [0, 0.1) is 5.82 Å². The number of morpholine rings is 1. The Labute approximate surface area is 131 Å². The molecular weight excluding hydrogens is 314 g/mol. The lowest BCUT2D eigenvalue weighted by atomic mass is 10.1. The van der Waals surface area contributed by atoms with Crippen LogP contribution in [0.25, 0.3) is 0 Å². The summed E-state index contributed by atoms with van der Waals surface area (Å²) < 4.78 is 59.4. The Morgan fingerprint density at radius 3 is 2.70 bits per heavy atom. The van der Waals surface area contributed by atoms with Crippen molar-refractivity contribution in [2.45, 2.75) is 19.2 Å². The Hall–Kier alpha value is -1.96. The summed E-state index contributed by atoms with van der Waals surface area (Å²) in [4.78, 5) is 3.21. The van der Waals surface area contributed by atoms with Crippen molar-refractivity contribution in [3.8, 4) is 0 Å². The van der Waals surface area contributed by atoms with Gasteiger partial charge >= 0.3 is 6.18 Å². The second kappa shape index (κ2) is 5.92. The van der Waals surface area contributed by atoms with E-state index in [4.69, 9.17) is 4.74 Å². The molecule has 3 rings (SSSR count). The van der Waals surface area contributed by atoms with Crippen molar-refractivity contribution in [2.24, 2.45) is 0 Å². The highest BCUT2D eigenvalue weighted by Gasteiger charge is 2.37. The first-order chi connectivity index (χ1) is 10.9. The third-order valence-electron chi connectivity index (χ3n) is 3.89. The fraction of sp³-hybridized carbons (Fsp3) is 0.467. The van der Waals surface area contributed by atoms with Crippen LogP contribution >= 0.6 is 0 Å². The van der Waals surface area contributed by atoms with E-state index in [2.05, 4.69) is 5.32 Å². The van der Waals surface area contributed by atoms with Gasteiger partial charge in [-0.2, -0.15) is 13.2 Å². The van der Waals surface area contributed by atoms with E-state index in [9.17, 15) is 17.6 Å². The van der Waals surface area contributed by atoms with Gasteiger partial charge in [0.15, 0.2) is 5.82 Å². The molecule has 1 fully saturated rings. The van der Waals surface area contributed by atoms with E-state index >= 15 is 0 Å². The smallest absolute Gasteiger partial charge is 0.375 e. The van der Waals surface area contributed by atoms with Crippen molar-refractivity contribution in [1.29, 1.82) is 0 Å². The van der Waals surface area contributed by atoms with Crippen LogP contribution in [0.15, 0.2) is 24.5 Å². The summed E-state index contributed by atoms with van der Waals surface area (Å²) in [6, 6.07) is 2.34. The van der Waals surface area contributed by atoms with Crippen molar-refractivity contribution in [2.75, 3.05) is 36.2 Å². The minimum Gasteiger partial charge on any atom is -0.375 e. The standard InChI is InChI=1S/C15H17F4N3O/c1-10-8-21(4-5-23-10)11-6-12(15(17,18)19)14(16)13(7-11)22-3-2-20-9-22/h2-3,6-7,10,20H,4-5,8-9H2,1H3/t10-/m1/s1. The number of ether oxygens (including phenoxy) is 1. The molecule has 0 spiro atoms. The Balaban J connectivity index is 2.05. The number of rotatable bonds is 2. The molecule has 0 aliphatic carbocycles. The van der Waals surface area contributed by atoms with E-state index in [1.807, 2.05) is 6.92 Å². The van der Waals surface area contributed by atoms with Crippen LogP contribution in [0.3, 0.4) is 0 Å². The maximum atomic E-state index is 14.4. The molecule has 0 bridgehead atoms. The molecule has 8 heteroatoms. The monoisotopic (exact) mass is 331 g/mol. The first-order valence-corrected chi connectivity index (χ1v) is 7.30. The van der Waals surface area contributed by atoms with Gasteiger partial charge in [-0.05, 0) is 19.1 Å². The van der Waals surface area contributed by atoms with Crippen LogP contribution < -0.4 is 15.1 Å². The molecular formula is C15H17F4N3O. The summed E-state index contributed by atoms with van der Waals surface area (Å²) in [5.41, 5.74) is -0.983. The summed E-state index contributed by atoms with van der Waals surface area (Å²) in [6.45, 7) is 3.46. The average Bonchev–Trinajstić information content (AvgIpc) is 3.00. The number of alkyl halides is 3.